The molecule has 1 aromatic carbocycles. The second-order valence-corrected chi connectivity index (χ2v) is 6.28. The first kappa shape index (κ1) is 14.5. The zero-order valence-corrected chi connectivity index (χ0v) is 12.4. The van der Waals surface area contributed by atoms with Crippen LogP contribution in [-0.4, -0.2) is 11.9 Å². The minimum atomic E-state index is -0.581. The summed E-state index contributed by atoms with van der Waals surface area (Å²) in [5.41, 5.74) is 6.14. The molecule has 0 aliphatic carbocycles. The quantitative estimate of drug-likeness (QED) is 0.877. The second-order valence-electron chi connectivity index (χ2n) is 4.96. The van der Waals surface area contributed by atoms with Gasteiger partial charge >= 0.3 is 0 Å². The molecule has 0 saturated carbocycles. The summed E-state index contributed by atoms with van der Waals surface area (Å²) in [7, 11) is 0. The molecule has 0 heterocycles. The van der Waals surface area contributed by atoms with E-state index in [-0.39, 0.29) is 11.3 Å². The lowest BCUT2D eigenvalue weighted by Crippen LogP contribution is -2.45. The zero-order chi connectivity index (χ0) is 13.2. The summed E-state index contributed by atoms with van der Waals surface area (Å²) in [5.74, 6) is -0.235. The number of rotatable bonds is 2. The van der Waals surface area contributed by atoms with Crippen LogP contribution in [0, 0.1) is 5.41 Å². The zero-order valence-electron chi connectivity index (χ0n) is 10.1. The van der Waals surface area contributed by atoms with Crippen LogP contribution in [0.25, 0.3) is 0 Å². The first-order valence-corrected chi connectivity index (χ1v) is 6.40. The minimum absolute atomic E-state index is 0.235. The van der Waals surface area contributed by atoms with Crippen molar-refractivity contribution in [1.29, 1.82) is 0 Å². The van der Waals surface area contributed by atoms with E-state index in [9.17, 15) is 4.79 Å². The first-order valence-electron chi connectivity index (χ1n) is 5.23. The van der Waals surface area contributed by atoms with Gasteiger partial charge in [0.1, 0.15) is 0 Å². The van der Waals surface area contributed by atoms with Gasteiger partial charge < -0.3 is 11.1 Å². The van der Waals surface area contributed by atoms with Crippen molar-refractivity contribution < 1.29 is 4.79 Å². The van der Waals surface area contributed by atoms with Gasteiger partial charge in [0.15, 0.2) is 0 Å². The average Bonchev–Trinajstić information content (AvgIpc) is 2.19. The highest BCUT2D eigenvalue weighted by molar-refractivity contribution is 9.10. The molecule has 0 aliphatic rings. The summed E-state index contributed by atoms with van der Waals surface area (Å²) >= 11 is 9.31. The Bertz CT molecular complexity index is 429. The maximum absolute atomic E-state index is 11.9. The molecule has 3 nitrogen and oxygen atoms in total. The molecule has 1 atom stereocenters. The van der Waals surface area contributed by atoms with E-state index in [4.69, 9.17) is 17.3 Å². The van der Waals surface area contributed by atoms with E-state index in [1.807, 2.05) is 26.8 Å². The van der Waals surface area contributed by atoms with Crippen LogP contribution in [0.4, 0.5) is 5.69 Å². The lowest BCUT2D eigenvalue weighted by atomic mass is 9.87. The average molecular weight is 320 g/mol. The maximum atomic E-state index is 11.9. The highest BCUT2D eigenvalue weighted by atomic mass is 79.9. The van der Waals surface area contributed by atoms with Crippen molar-refractivity contribution in [3.8, 4) is 0 Å². The molecular formula is C12H16BrClN2O. The number of carbonyl (C=O) groups is 1. The molecule has 1 rings (SSSR count). The normalized spacial score (nSPS) is 13.3. The largest absolute Gasteiger partial charge is 0.323 e. The van der Waals surface area contributed by atoms with Crippen LogP contribution < -0.4 is 11.1 Å². The molecule has 1 amide bonds. The fraction of sp³-hybridized carbons (Fsp3) is 0.417. The summed E-state index contributed by atoms with van der Waals surface area (Å²) in [6, 6.07) is 4.69. The molecule has 17 heavy (non-hydrogen) atoms. The Morgan fingerprint density at radius 3 is 2.53 bits per heavy atom. The number of amides is 1. The van der Waals surface area contributed by atoms with Crippen molar-refractivity contribution in [1.82, 2.24) is 0 Å². The molecule has 0 spiro atoms. The molecule has 1 aromatic rings. The topological polar surface area (TPSA) is 55.1 Å². The van der Waals surface area contributed by atoms with Crippen molar-refractivity contribution in [2.24, 2.45) is 11.1 Å². The second kappa shape index (κ2) is 5.38. The van der Waals surface area contributed by atoms with Crippen LogP contribution in [-0.2, 0) is 4.79 Å². The van der Waals surface area contributed by atoms with Crippen LogP contribution in [0.2, 0.25) is 5.02 Å². The lowest BCUT2D eigenvalue weighted by Gasteiger charge is -2.26. The third-order valence-corrected chi connectivity index (χ3v) is 3.21. The van der Waals surface area contributed by atoms with Crippen LogP contribution >= 0.6 is 27.5 Å². The van der Waals surface area contributed by atoms with Gasteiger partial charge in [0.2, 0.25) is 5.91 Å². The number of carbonyl (C=O) groups excluding carboxylic acids is 1. The van der Waals surface area contributed by atoms with Gasteiger partial charge in [-0.15, -0.1) is 0 Å². The lowest BCUT2D eigenvalue weighted by molar-refractivity contribution is -0.119. The monoisotopic (exact) mass is 318 g/mol. The first-order chi connectivity index (χ1) is 7.71. The summed E-state index contributed by atoms with van der Waals surface area (Å²) in [6.07, 6.45) is 0. The van der Waals surface area contributed by atoms with Crippen LogP contribution in [0.15, 0.2) is 22.7 Å². The maximum Gasteiger partial charge on any atom is 0.241 e. The molecule has 0 fully saturated rings. The van der Waals surface area contributed by atoms with E-state index >= 15 is 0 Å². The van der Waals surface area contributed by atoms with Crippen LogP contribution in [0.5, 0.6) is 0 Å². The van der Waals surface area contributed by atoms with E-state index in [2.05, 4.69) is 21.2 Å². The van der Waals surface area contributed by atoms with Gasteiger partial charge in [0.05, 0.1) is 16.8 Å². The number of anilines is 1. The fourth-order valence-corrected chi connectivity index (χ4v) is 1.92. The highest BCUT2D eigenvalue weighted by Crippen LogP contribution is 2.26. The molecule has 3 N–H and O–H groups in total. The molecule has 0 bridgehead atoms. The standard InChI is InChI=1S/C12H16BrClN2O/c1-12(2,3)10(15)11(17)16-9-5-4-7(13)6-8(9)14/h4-6,10H,15H2,1-3H3,(H,16,17). The van der Waals surface area contributed by atoms with Crippen LogP contribution in [0.1, 0.15) is 20.8 Å². The number of nitrogens with two attached hydrogens (primary N) is 1. The molecule has 5 heteroatoms. The summed E-state index contributed by atoms with van der Waals surface area (Å²) in [5, 5.41) is 3.21. The van der Waals surface area contributed by atoms with Crippen LogP contribution in [0.3, 0.4) is 0 Å². The van der Waals surface area contributed by atoms with Gasteiger partial charge in [-0.1, -0.05) is 48.3 Å². The smallest absolute Gasteiger partial charge is 0.241 e. The SMILES string of the molecule is CC(C)(C)C(N)C(=O)Nc1ccc(Br)cc1Cl. The third kappa shape index (κ3) is 3.98. The summed E-state index contributed by atoms with van der Waals surface area (Å²) in [4.78, 5) is 11.9. The van der Waals surface area contributed by atoms with Gasteiger partial charge in [-0.2, -0.15) is 0 Å². The van der Waals surface area contributed by atoms with E-state index in [0.29, 0.717) is 10.7 Å². The molecule has 0 saturated heterocycles. The Hall–Kier alpha value is -0.580. The number of hydrogen-bond donors (Lipinski definition) is 2. The fourth-order valence-electron chi connectivity index (χ4n) is 1.19. The summed E-state index contributed by atoms with van der Waals surface area (Å²) < 4.78 is 0.862. The number of benzene rings is 1. The third-order valence-electron chi connectivity index (χ3n) is 2.40. The molecule has 0 radical (unpaired) electrons. The molecule has 1 unspecified atom stereocenters. The van der Waals surface area contributed by atoms with Crippen molar-refractivity contribution >= 4 is 39.1 Å². The molecule has 0 aromatic heterocycles. The van der Waals surface area contributed by atoms with E-state index in [0.717, 1.165) is 4.47 Å². The minimum Gasteiger partial charge on any atom is -0.323 e. The highest BCUT2D eigenvalue weighted by Gasteiger charge is 2.27. The van der Waals surface area contributed by atoms with Crippen molar-refractivity contribution in [2.45, 2.75) is 26.8 Å². The van der Waals surface area contributed by atoms with E-state index < -0.39 is 6.04 Å². The number of nitrogens with one attached hydrogen (secondary N) is 1. The Balaban J connectivity index is 2.82. The predicted molar refractivity (Wildman–Crippen MR) is 75.2 cm³/mol. The van der Waals surface area contributed by atoms with Crippen molar-refractivity contribution in [3.63, 3.8) is 0 Å². The van der Waals surface area contributed by atoms with E-state index in [1.165, 1.54) is 0 Å². The van der Waals surface area contributed by atoms with Gasteiger partial charge in [0.25, 0.3) is 0 Å². The van der Waals surface area contributed by atoms with Gasteiger partial charge in [-0.3, -0.25) is 4.79 Å². The van der Waals surface area contributed by atoms with Gasteiger partial charge in [0, 0.05) is 4.47 Å². The Kier molecular flexibility index (Phi) is 4.58. The molecular weight excluding hydrogens is 304 g/mol. The number of halogens is 2. The Morgan fingerprint density at radius 1 is 1.47 bits per heavy atom. The molecule has 94 valence electrons. The summed E-state index contributed by atoms with van der Waals surface area (Å²) in [6.45, 7) is 5.75. The number of hydrogen-bond acceptors (Lipinski definition) is 2. The van der Waals surface area contributed by atoms with Crippen molar-refractivity contribution in [2.75, 3.05) is 5.32 Å². The molecule has 0 aliphatic heterocycles. The predicted octanol–water partition coefficient (Wildman–Crippen LogP) is 3.41. The Morgan fingerprint density at radius 2 is 2.06 bits per heavy atom. The Labute approximate surface area is 115 Å². The van der Waals surface area contributed by atoms with Crippen molar-refractivity contribution in [3.05, 3.63) is 27.7 Å². The van der Waals surface area contributed by atoms with Gasteiger partial charge in [-0.05, 0) is 23.6 Å². The van der Waals surface area contributed by atoms with Gasteiger partial charge in [-0.25, -0.2) is 0 Å². The van der Waals surface area contributed by atoms with E-state index in [1.54, 1.807) is 12.1 Å².